The van der Waals surface area contributed by atoms with Gasteiger partial charge in [-0.25, -0.2) is 9.59 Å². The smallest absolute Gasteiger partial charge is 0.317 e. The molecular weight excluding hydrogens is 352 g/mol. The van der Waals surface area contributed by atoms with Crippen LogP contribution in [0.4, 0.5) is 9.59 Å². The van der Waals surface area contributed by atoms with Crippen LogP contribution < -0.4 is 16.0 Å². The largest absolute Gasteiger partial charge is 0.338 e. The van der Waals surface area contributed by atoms with E-state index in [2.05, 4.69) is 22.9 Å². The number of nitrogens with one attached hydrogen (secondary N) is 3. The fourth-order valence-corrected chi connectivity index (χ4v) is 5.31. The van der Waals surface area contributed by atoms with Crippen molar-refractivity contribution in [3.05, 3.63) is 0 Å². The third-order valence-electron chi connectivity index (χ3n) is 7.16. The van der Waals surface area contributed by atoms with Gasteiger partial charge in [-0.15, -0.1) is 0 Å². The normalized spacial score (nSPS) is 27.2. The molecule has 1 aliphatic heterocycles. The summed E-state index contributed by atoms with van der Waals surface area (Å²) >= 11 is 0. The molecule has 0 bridgehead atoms. The molecule has 2 saturated carbocycles. The van der Waals surface area contributed by atoms with Crippen molar-refractivity contribution in [3.63, 3.8) is 0 Å². The van der Waals surface area contributed by atoms with Gasteiger partial charge in [0.25, 0.3) is 0 Å². The van der Waals surface area contributed by atoms with Crippen LogP contribution >= 0.6 is 0 Å². The number of nitrogens with zero attached hydrogens (tertiary/aromatic N) is 1. The summed E-state index contributed by atoms with van der Waals surface area (Å²) in [7, 11) is 0. The van der Waals surface area contributed by atoms with E-state index in [4.69, 9.17) is 0 Å². The maximum atomic E-state index is 12.5. The lowest BCUT2D eigenvalue weighted by molar-refractivity contribution is 0.167. The molecule has 0 aromatic carbocycles. The number of carbonyl (C=O) groups is 2. The highest BCUT2D eigenvalue weighted by Crippen LogP contribution is 2.31. The highest BCUT2D eigenvalue weighted by atomic mass is 16.2. The van der Waals surface area contributed by atoms with Crippen LogP contribution in [0.2, 0.25) is 0 Å². The Balaban J connectivity index is 1.32. The molecule has 0 aromatic rings. The molecule has 1 saturated heterocycles. The second kappa shape index (κ2) is 10.9. The predicted octanol–water partition coefficient (Wildman–Crippen LogP) is 4.01. The van der Waals surface area contributed by atoms with Crippen LogP contribution in [0.5, 0.6) is 0 Å². The molecule has 28 heavy (non-hydrogen) atoms. The molecule has 3 N–H and O–H groups in total. The van der Waals surface area contributed by atoms with E-state index in [0.29, 0.717) is 12.0 Å². The van der Waals surface area contributed by atoms with E-state index in [-0.39, 0.29) is 18.1 Å². The Kier molecular flexibility index (Phi) is 8.28. The van der Waals surface area contributed by atoms with Crippen LogP contribution in [0.3, 0.4) is 0 Å². The Hall–Kier alpha value is -1.46. The van der Waals surface area contributed by atoms with Crippen molar-refractivity contribution in [2.24, 2.45) is 11.8 Å². The zero-order valence-corrected chi connectivity index (χ0v) is 17.7. The summed E-state index contributed by atoms with van der Waals surface area (Å²) in [6, 6.07) is 0.560. The SMILES string of the molecule is CCC1CCCCC1CNC(=O)N1CCC(NC(=O)NC2CCCCC2)CC1. The van der Waals surface area contributed by atoms with E-state index in [1.807, 2.05) is 4.90 Å². The number of rotatable bonds is 5. The van der Waals surface area contributed by atoms with Gasteiger partial charge in [-0.3, -0.25) is 0 Å². The highest BCUT2D eigenvalue weighted by molar-refractivity contribution is 5.75. The van der Waals surface area contributed by atoms with Crippen molar-refractivity contribution in [2.45, 2.75) is 96.1 Å². The Morgan fingerprint density at radius 3 is 2.00 bits per heavy atom. The summed E-state index contributed by atoms with van der Waals surface area (Å²) in [6.07, 6.45) is 14.1. The minimum absolute atomic E-state index is 0.0299. The van der Waals surface area contributed by atoms with Crippen LogP contribution in [-0.4, -0.2) is 48.7 Å². The first-order valence-corrected chi connectivity index (χ1v) is 11.8. The summed E-state index contributed by atoms with van der Waals surface area (Å²) in [5, 5.41) is 9.42. The first-order chi connectivity index (χ1) is 13.7. The Morgan fingerprint density at radius 2 is 1.36 bits per heavy atom. The van der Waals surface area contributed by atoms with Crippen LogP contribution in [0.1, 0.15) is 84.0 Å². The first kappa shape index (κ1) is 21.3. The molecule has 0 radical (unpaired) electrons. The lowest BCUT2D eigenvalue weighted by Gasteiger charge is -2.35. The van der Waals surface area contributed by atoms with Crippen LogP contribution in [-0.2, 0) is 0 Å². The zero-order chi connectivity index (χ0) is 19.8. The van der Waals surface area contributed by atoms with Crippen LogP contribution in [0.25, 0.3) is 0 Å². The first-order valence-electron chi connectivity index (χ1n) is 11.8. The minimum atomic E-state index is -0.0299. The van der Waals surface area contributed by atoms with Gasteiger partial charge in [0.1, 0.15) is 0 Å². The van der Waals surface area contributed by atoms with Gasteiger partial charge in [0.15, 0.2) is 0 Å². The van der Waals surface area contributed by atoms with Crippen molar-refractivity contribution in [2.75, 3.05) is 19.6 Å². The average molecular weight is 393 g/mol. The molecule has 3 aliphatic rings. The number of amides is 4. The molecule has 2 atom stereocenters. The third kappa shape index (κ3) is 6.28. The molecule has 2 unspecified atom stereocenters. The van der Waals surface area contributed by atoms with E-state index in [0.717, 1.165) is 51.2 Å². The summed E-state index contributed by atoms with van der Waals surface area (Å²) < 4.78 is 0. The van der Waals surface area contributed by atoms with Gasteiger partial charge < -0.3 is 20.9 Å². The topological polar surface area (TPSA) is 73.5 Å². The lowest BCUT2D eigenvalue weighted by Crippen LogP contribution is -2.52. The monoisotopic (exact) mass is 392 g/mol. The summed E-state index contributed by atoms with van der Waals surface area (Å²) in [6.45, 7) is 4.54. The Labute approximate surface area is 170 Å². The maximum absolute atomic E-state index is 12.5. The van der Waals surface area contributed by atoms with Crippen molar-refractivity contribution >= 4 is 12.1 Å². The number of likely N-dealkylation sites (tertiary alicyclic amines) is 1. The highest BCUT2D eigenvalue weighted by Gasteiger charge is 2.27. The third-order valence-corrected chi connectivity index (χ3v) is 7.16. The van der Waals surface area contributed by atoms with E-state index < -0.39 is 0 Å². The zero-order valence-electron chi connectivity index (χ0n) is 17.7. The minimum Gasteiger partial charge on any atom is -0.338 e. The second-order valence-corrected chi connectivity index (χ2v) is 9.11. The Bertz CT molecular complexity index is 499. The number of hydrogen-bond donors (Lipinski definition) is 3. The number of urea groups is 2. The van der Waals surface area contributed by atoms with E-state index in [9.17, 15) is 9.59 Å². The predicted molar refractivity (Wildman–Crippen MR) is 112 cm³/mol. The van der Waals surface area contributed by atoms with Gasteiger partial charge in [-0.05, 0) is 43.9 Å². The molecule has 6 nitrogen and oxygen atoms in total. The van der Waals surface area contributed by atoms with Crippen LogP contribution in [0, 0.1) is 11.8 Å². The summed E-state index contributed by atoms with van der Waals surface area (Å²) in [4.78, 5) is 26.7. The number of piperidine rings is 1. The summed E-state index contributed by atoms with van der Waals surface area (Å²) in [5.74, 6) is 1.41. The molecule has 0 spiro atoms. The van der Waals surface area contributed by atoms with E-state index >= 15 is 0 Å². The molecule has 160 valence electrons. The lowest BCUT2D eigenvalue weighted by atomic mass is 9.78. The molecule has 3 rings (SSSR count). The molecule has 3 fully saturated rings. The standard InChI is InChI=1S/C22H40N4O2/c1-2-17-8-6-7-9-18(17)16-23-22(28)26-14-12-20(13-15-26)25-21(27)24-19-10-4-3-5-11-19/h17-20H,2-16H2,1H3,(H,23,28)(H2,24,25,27). The molecular formula is C22H40N4O2. The van der Waals surface area contributed by atoms with E-state index in [1.54, 1.807) is 0 Å². The van der Waals surface area contributed by atoms with Gasteiger partial charge in [-0.2, -0.15) is 0 Å². The van der Waals surface area contributed by atoms with Crippen LogP contribution in [0.15, 0.2) is 0 Å². The van der Waals surface area contributed by atoms with Gasteiger partial charge in [0, 0.05) is 31.7 Å². The average Bonchev–Trinajstić information content (AvgIpc) is 2.73. The molecule has 0 aromatic heterocycles. The fraction of sp³-hybridized carbons (Fsp3) is 0.909. The van der Waals surface area contributed by atoms with Crippen molar-refractivity contribution in [1.82, 2.24) is 20.9 Å². The molecule has 4 amide bonds. The second-order valence-electron chi connectivity index (χ2n) is 9.11. The van der Waals surface area contributed by atoms with Gasteiger partial charge >= 0.3 is 12.1 Å². The van der Waals surface area contributed by atoms with E-state index in [1.165, 1.54) is 51.4 Å². The van der Waals surface area contributed by atoms with Gasteiger partial charge in [0.2, 0.25) is 0 Å². The molecule has 2 aliphatic carbocycles. The van der Waals surface area contributed by atoms with Gasteiger partial charge in [0.05, 0.1) is 0 Å². The molecule has 6 heteroatoms. The maximum Gasteiger partial charge on any atom is 0.317 e. The van der Waals surface area contributed by atoms with Crippen molar-refractivity contribution < 1.29 is 9.59 Å². The van der Waals surface area contributed by atoms with Gasteiger partial charge in [-0.1, -0.05) is 51.9 Å². The van der Waals surface area contributed by atoms with Crippen molar-refractivity contribution in [1.29, 1.82) is 0 Å². The van der Waals surface area contributed by atoms with Crippen molar-refractivity contribution in [3.8, 4) is 0 Å². The molecule has 1 heterocycles. The quantitative estimate of drug-likeness (QED) is 0.661. The summed E-state index contributed by atoms with van der Waals surface area (Å²) in [5.41, 5.74) is 0. The fourth-order valence-electron chi connectivity index (χ4n) is 5.31. The Morgan fingerprint density at radius 1 is 0.786 bits per heavy atom. The number of carbonyl (C=O) groups excluding carboxylic acids is 2. The number of hydrogen-bond acceptors (Lipinski definition) is 2.